The van der Waals surface area contributed by atoms with E-state index in [9.17, 15) is 0 Å². The summed E-state index contributed by atoms with van der Waals surface area (Å²) in [5, 5.41) is 20.3. The van der Waals surface area contributed by atoms with Gasteiger partial charge in [-0.3, -0.25) is 0 Å². The Morgan fingerprint density at radius 3 is 1.35 bits per heavy atom. The Hall–Kier alpha value is 0.800. The highest BCUT2D eigenvalue weighted by Gasteiger charge is 1.96. The first-order valence-electron chi connectivity index (χ1n) is 8.84. The molecule has 0 saturated carbocycles. The number of unbranched alkanes of at least 4 members (excludes halogenated alkanes) is 12. The highest BCUT2D eigenvalue weighted by molar-refractivity contribution is 8.93. The zero-order valence-corrected chi connectivity index (χ0v) is 18.5. The maximum atomic E-state index is 8.65. The molecule has 0 bridgehead atoms. The summed E-state index contributed by atoms with van der Waals surface area (Å²) < 4.78 is 0. The fourth-order valence-corrected chi connectivity index (χ4v) is 2.50. The van der Waals surface area contributed by atoms with Crippen LogP contribution in [0.2, 0.25) is 0 Å². The predicted molar refractivity (Wildman–Crippen MR) is 112 cm³/mol. The van der Waals surface area contributed by atoms with Gasteiger partial charge in [0.1, 0.15) is 0 Å². The number of hydrogen-bond donors (Lipinski definition) is 4. The first kappa shape index (κ1) is 31.6. The van der Waals surface area contributed by atoms with Gasteiger partial charge in [-0.25, -0.2) is 0 Å². The molecule has 0 aliphatic rings. The molecule has 0 aromatic heterocycles. The number of halogens is 2. The molecule has 0 amide bonds. The van der Waals surface area contributed by atoms with Gasteiger partial charge in [-0.05, 0) is 13.0 Å². The molecule has 0 spiro atoms. The number of nitrogens with one attached hydrogen (secondary N) is 1. The zero-order valence-electron chi connectivity index (χ0n) is 15.1. The number of rotatable bonds is 16. The normalized spacial score (nSPS) is 9.91. The Labute approximate surface area is 165 Å². The molecule has 0 heterocycles. The van der Waals surface area contributed by atoms with Crippen molar-refractivity contribution in [3.8, 4) is 0 Å². The third kappa shape index (κ3) is 31.1. The average Bonchev–Trinajstić information content (AvgIpc) is 2.43. The standard InChI is InChI=1S/C17H37NO2.2BrH.H3N/c1-2-3-4-5-6-7-8-9-10-11-12-13-14-15-18-16-17(19)20;;;/h17-20H,2-16H2,1H3;2*1H;1H3. The Morgan fingerprint density at radius 1 is 0.652 bits per heavy atom. The molecule has 0 aliphatic heterocycles. The van der Waals surface area contributed by atoms with Gasteiger partial charge in [0.2, 0.25) is 0 Å². The van der Waals surface area contributed by atoms with Gasteiger partial charge in [-0.1, -0.05) is 84.0 Å². The van der Waals surface area contributed by atoms with E-state index in [1.54, 1.807) is 0 Å². The summed E-state index contributed by atoms with van der Waals surface area (Å²) in [5.41, 5.74) is 0. The van der Waals surface area contributed by atoms with Gasteiger partial charge in [-0.2, -0.15) is 0 Å². The van der Waals surface area contributed by atoms with Crippen LogP contribution in [-0.4, -0.2) is 29.6 Å². The van der Waals surface area contributed by atoms with E-state index in [1.807, 2.05) is 0 Å². The van der Waals surface area contributed by atoms with Gasteiger partial charge in [-0.15, -0.1) is 34.0 Å². The molecule has 4 nitrogen and oxygen atoms in total. The number of aliphatic hydroxyl groups excluding tert-OH is 1. The van der Waals surface area contributed by atoms with Crippen LogP contribution < -0.4 is 11.5 Å². The summed E-state index contributed by atoms with van der Waals surface area (Å²) in [5.74, 6) is 0. The lowest BCUT2D eigenvalue weighted by atomic mass is 10.0. The monoisotopic (exact) mass is 464 g/mol. The number of hydrogen-bond acceptors (Lipinski definition) is 4. The molecule has 0 aliphatic carbocycles. The summed E-state index contributed by atoms with van der Waals surface area (Å²) in [6.07, 6.45) is 16.6. The molecule has 0 aromatic rings. The second kappa shape index (κ2) is 27.6. The first-order valence-corrected chi connectivity index (χ1v) is 8.84. The van der Waals surface area contributed by atoms with Gasteiger partial charge < -0.3 is 21.7 Å². The van der Waals surface area contributed by atoms with Crippen molar-refractivity contribution in [3.63, 3.8) is 0 Å². The quantitative estimate of drug-likeness (QED) is 0.184. The van der Waals surface area contributed by atoms with E-state index in [1.165, 1.54) is 77.0 Å². The smallest absolute Gasteiger partial charge is 0.164 e. The van der Waals surface area contributed by atoms with E-state index < -0.39 is 6.29 Å². The molecule has 6 heteroatoms. The maximum Gasteiger partial charge on any atom is 0.164 e. The molecule has 0 saturated heterocycles. The van der Waals surface area contributed by atoms with Crippen molar-refractivity contribution in [3.05, 3.63) is 0 Å². The van der Waals surface area contributed by atoms with Crippen LogP contribution in [0.4, 0.5) is 0 Å². The van der Waals surface area contributed by atoms with Gasteiger partial charge in [0.05, 0.1) is 0 Å². The van der Waals surface area contributed by atoms with E-state index in [0.29, 0.717) is 0 Å². The Kier molecular flexibility index (Phi) is 37.9. The van der Waals surface area contributed by atoms with Crippen LogP contribution in [0, 0.1) is 0 Å². The predicted octanol–water partition coefficient (Wildman–Crippen LogP) is 5.30. The average molecular weight is 466 g/mol. The van der Waals surface area contributed by atoms with E-state index >= 15 is 0 Å². The van der Waals surface area contributed by atoms with E-state index in [2.05, 4.69) is 12.2 Å². The summed E-state index contributed by atoms with van der Waals surface area (Å²) in [6.45, 7) is 3.46. The van der Waals surface area contributed by atoms with Crippen molar-refractivity contribution in [2.24, 2.45) is 0 Å². The Morgan fingerprint density at radius 2 is 1.00 bits per heavy atom. The molecule has 23 heavy (non-hydrogen) atoms. The van der Waals surface area contributed by atoms with Crippen LogP contribution in [0.1, 0.15) is 90.4 Å². The van der Waals surface area contributed by atoms with Crippen LogP contribution >= 0.6 is 34.0 Å². The van der Waals surface area contributed by atoms with Crippen LogP contribution in [0.15, 0.2) is 0 Å². The minimum atomic E-state index is -1.21. The van der Waals surface area contributed by atoms with E-state index in [-0.39, 0.29) is 46.7 Å². The molecule has 0 rings (SSSR count). The fourth-order valence-electron chi connectivity index (χ4n) is 2.50. The largest absolute Gasteiger partial charge is 0.367 e. The number of aliphatic hydroxyl groups is 2. The van der Waals surface area contributed by atoms with Gasteiger partial charge >= 0.3 is 0 Å². The van der Waals surface area contributed by atoms with Gasteiger partial charge in [0.25, 0.3) is 0 Å². The van der Waals surface area contributed by atoms with Crippen LogP contribution in [0.25, 0.3) is 0 Å². The summed E-state index contributed by atoms with van der Waals surface area (Å²) in [7, 11) is 0. The van der Waals surface area contributed by atoms with Crippen LogP contribution in [0.5, 0.6) is 0 Å². The highest BCUT2D eigenvalue weighted by atomic mass is 79.9. The van der Waals surface area contributed by atoms with Crippen molar-refractivity contribution in [2.75, 3.05) is 13.1 Å². The van der Waals surface area contributed by atoms with Crippen molar-refractivity contribution >= 4 is 34.0 Å². The van der Waals surface area contributed by atoms with E-state index in [0.717, 1.165) is 13.0 Å². The Bertz CT molecular complexity index is 188. The second-order valence-electron chi connectivity index (χ2n) is 5.93. The van der Waals surface area contributed by atoms with Crippen molar-refractivity contribution in [1.82, 2.24) is 11.5 Å². The lowest BCUT2D eigenvalue weighted by Crippen LogP contribution is -2.26. The molecular weight excluding hydrogens is 424 g/mol. The summed E-state index contributed by atoms with van der Waals surface area (Å²) >= 11 is 0. The molecule has 0 fully saturated rings. The van der Waals surface area contributed by atoms with Gasteiger partial charge in [0.15, 0.2) is 6.29 Å². The molecule has 6 N–H and O–H groups in total. The lowest BCUT2D eigenvalue weighted by Gasteiger charge is -2.06. The second-order valence-corrected chi connectivity index (χ2v) is 5.93. The van der Waals surface area contributed by atoms with Crippen LogP contribution in [-0.2, 0) is 0 Å². The topological polar surface area (TPSA) is 87.5 Å². The molecular formula is C17H42Br2N2O2. The lowest BCUT2D eigenvalue weighted by molar-refractivity contribution is -0.0370. The third-order valence-electron chi connectivity index (χ3n) is 3.78. The van der Waals surface area contributed by atoms with Crippen LogP contribution in [0.3, 0.4) is 0 Å². The fraction of sp³-hybridized carbons (Fsp3) is 1.00. The van der Waals surface area contributed by atoms with Crippen molar-refractivity contribution in [2.45, 2.75) is 96.7 Å². The molecule has 0 aromatic carbocycles. The zero-order chi connectivity index (χ0) is 14.9. The van der Waals surface area contributed by atoms with Crippen molar-refractivity contribution in [1.29, 1.82) is 0 Å². The van der Waals surface area contributed by atoms with Gasteiger partial charge in [0, 0.05) is 6.54 Å². The molecule has 146 valence electrons. The molecule has 0 atom stereocenters. The summed E-state index contributed by atoms with van der Waals surface area (Å²) in [4.78, 5) is 0. The molecule has 0 unspecified atom stereocenters. The summed E-state index contributed by atoms with van der Waals surface area (Å²) in [6, 6.07) is 0. The highest BCUT2D eigenvalue weighted by Crippen LogP contribution is 2.12. The Balaban J connectivity index is -0.000000602. The molecule has 0 radical (unpaired) electrons. The SMILES string of the molecule is Br.Br.CCCCCCCCCCCCCCCNCC(O)O.N. The first-order chi connectivity index (χ1) is 9.77. The third-order valence-corrected chi connectivity index (χ3v) is 3.78. The minimum absolute atomic E-state index is 0. The minimum Gasteiger partial charge on any atom is -0.367 e. The maximum absolute atomic E-state index is 8.65. The van der Waals surface area contributed by atoms with Crippen molar-refractivity contribution < 1.29 is 10.2 Å². The van der Waals surface area contributed by atoms with E-state index in [4.69, 9.17) is 10.2 Å².